The van der Waals surface area contributed by atoms with Crippen molar-refractivity contribution in [2.75, 3.05) is 6.61 Å². The fraction of sp³-hybridized carbons (Fsp3) is 0.240. The van der Waals surface area contributed by atoms with Gasteiger partial charge in [0.25, 0.3) is 10.0 Å². The van der Waals surface area contributed by atoms with E-state index >= 15 is 0 Å². The van der Waals surface area contributed by atoms with Gasteiger partial charge in [0.2, 0.25) is 0 Å². The summed E-state index contributed by atoms with van der Waals surface area (Å²) in [5.41, 5.74) is 1.45. The molecule has 9 heteroatoms. The van der Waals surface area contributed by atoms with E-state index in [2.05, 4.69) is 0 Å². The summed E-state index contributed by atoms with van der Waals surface area (Å²) in [6.07, 6.45) is -4.43. The van der Waals surface area contributed by atoms with Gasteiger partial charge in [-0.05, 0) is 29.8 Å². The molecule has 1 fully saturated rings. The van der Waals surface area contributed by atoms with Crippen LogP contribution in [0, 0.1) is 0 Å². The number of hydrogen-bond donors (Lipinski definition) is 2. The summed E-state index contributed by atoms with van der Waals surface area (Å²) in [6.45, 7) is 1.04. The van der Waals surface area contributed by atoms with E-state index < -0.39 is 40.4 Å². The Hall–Kier alpha value is -3.24. The Balaban J connectivity index is 1.70. The summed E-state index contributed by atoms with van der Waals surface area (Å²) < 4.78 is 39.5. The fourth-order valence-corrected chi connectivity index (χ4v) is 6.09. The highest BCUT2D eigenvalue weighted by Crippen LogP contribution is 2.41. The molecule has 0 bridgehead atoms. The Morgan fingerprint density at radius 3 is 2.35 bits per heavy atom. The molecular formula is C25H23NO7S. The van der Waals surface area contributed by atoms with Gasteiger partial charge in [-0.3, -0.25) is 4.79 Å². The van der Waals surface area contributed by atoms with Crippen LogP contribution in [0.25, 0.3) is 21.8 Å². The van der Waals surface area contributed by atoms with Crippen LogP contribution in [-0.2, 0) is 24.3 Å². The van der Waals surface area contributed by atoms with Crippen molar-refractivity contribution in [2.45, 2.75) is 36.2 Å². The van der Waals surface area contributed by atoms with E-state index in [-0.39, 0.29) is 11.5 Å². The van der Waals surface area contributed by atoms with Gasteiger partial charge >= 0.3 is 5.97 Å². The maximum absolute atomic E-state index is 13.7. The highest BCUT2D eigenvalue weighted by molar-refractivity contribution is 7.90. The maximum atomic E-state index is 13.7. The second kappa shape index (κ2) is 8.52. The number of rotatable bonds is 5. The summed E-state index contributed by atoms with van der Waals surface area (Å²) in [5.74, 6) is -0.523. The number of carbonyl (C=O) groups is 1. The summed E-state index contributed by atoms with van der Waals surface area (Å²) in [4.78, 5) is 11.3. The molecule has 34 heavy (non-hydrogen) atoms. The minimum absolute atomic E-state index is 0.150. The lowest BCUT2D eigenvalue weighted by molar-refractivity contribution is -0.146. The van der Waals surface area contributed by atoms with Crippen molar-refractivity contribution >= 4 is 37.8 Å². The van der Waals surface area contributed by atoms with Crippen LogP contribution in [0.2, 0.25) is 0 Å². The van der Waals surface area contributed by atoms with Crippen LogP contribution >= 0.6 is 0 Å². The first-order valence-corrected chi connectivity index (χ1v) is 12.2. The number of aliphatic hydroxyl groups is 2. The Labute approximate surface area is 196 Å². The number of esters is 1. The Bertz CT molecular complexity index is 1480. The molecule has 8 nitrogen and oxygen atoms in total. The van der Waals surface area contributed by atoms with Gasteiger partial charge in [0.15, 0.2) is 0 Å². The van der Waals surface area contributed by atoms with Crippen LogP contribution in [0.15, 0.2) is 77.7 Å². The van der Waals surface area contributed by atoms with E-state index in [0.717, 1.165) is 0 Å². The quantitative estimate of drug-likeness (QED) is 0.421. The summed E-state index contributed by atoms with van der Waals surface area (Å²) in [6, 6.07) is 20.4. The summed E-state index contributed by atoms with van der Waals surface area (Å²) in [7, 11) is -3.94. The maximum Gasteiger partial charge on any atom is 0.302 e. The third-order valence-corrected chi connectivity index (χ3v) is 7.83. The van der Waals surface area contributed by atoms with Gasteiger partial charge in [-0.25, -0.2) is 12.4 Å². The number of hydrogen-bond acceptors (Lipinski definition) is 7. The number of aromatic nitrogens is 1. The predicted octanol–water partition coefficient (Wildman–Crippen LogP) is 2.76. The lowest BCUT2D eigenvalue weighted by atomic mass is 9.97. The first-order valence-electron chi connectivity index (χ1n) is 10.8. The number of ether oxygens (including phenoxy) is 2. The van der Waals surface area contributed by atoms with Crippen molar-refractivity contribution in [1.29, 1.82) is 0 Å². The van der Waals surface area contributed by atoms with Gasteiger partial charge in [0, 0.05) is 17.7 Å². The van der Waals surface area contributed by atoms with Crippen LogP contribution in [0.4, 0.5) is 0 Å². The number of aliphatic hydroxyl groups excluding tert-OH is 2. The van der Waals surface area contributed by atoms with Gasteiger partial charge in [-0.15, -0.1) is 0 Å². The first-order chi connectivity index (χ1) is 16.3. The zero-order valence-electron chi connectivity index (χ0n) is 18.2. The normalized spacial score (nSPS) is 22.9. The van der Waals surface area contributed by atoms with Crippen LogP contribution in [-0.4, -0.2) is 53.5 Å². The highest BCUT2D eigenvalue weighted by Gasteiger charge is 2.44. The molecule has 1 aromatic heterocycles. The first kappa shape index (κ1) is 22.5. The molecule has 4 atom stereocenters. The average Bonchev–Trinajstić information content (AvgIpc) is 3.33. The standard InChI is InChI=1S/C25H23NO7S/c1-15(27)32-14-21-23(28)24(29)25(33-21)18-11-7-13-20-22(18)17-10-5-6-12-19(17)26(20)34(30,31)16-8-3-2-4-9-16/h2-13,21,23-25,28-29H,14H2,1H3. The fourth-order valence-electron chi connectivity index (χ4n) is 4.55. The predicted molar refractivity (Wildman–Crippen MR) is 125 cm³/mol. The molecule has 0 radical (unpaired) electrons. The van der Waals surface area contributed by atoms with Crippen LogP contribution in [0.3, 0.4) is 0 Å². The monoisotopic (exact) mass is 481 g/mol. The zero-order valence-corrected chi connectivity index (χ0v) is 19.1. The van der Waals surface area contributed by atoms with Crippen molar-refractivity contribution in [3.05, 3.63) is 78.4 Å². The molecule has 1 aliphatic heterocycles. The van der Waals surface area contributed by atoms with Crippen LogP contribution < -0.4 is 0 Å². The van der Waals surface area contributed by atoms with Crippen LogP contribution in [0.1, 0.15) is 18.6 Å². The van der Waals surface area contributed by atoms with Crippen molar-refractivity contribution in [3.8, 4) is 0 Å². The molecule has 0 saturated carbocycles. The average molecular weight is 482 g/mol. The lowest BCUT2D eigenvalue weighted by Crippen LogP contribution is -2.33. The largest absolute Gasteiger partial charge is 0.463 e. The highest BCUT2D eigenvalue weighted by atomic mass is 32.2. The van der Waals surface area contributed by atoms with Crippen LogP contribution in [0.5, 0.6) is 0 Å². The van der Waals surface area contributed by atoms with Gasteiger partial charge < -0.3 is 19.7 Å². The van der Waals surface area contributed by atoms with Gasteiger partial charge in [-0.2, -0.15) is 0 Å². The second-order valence-corrected chi connectivity index (χ2v) is 10.0. The van der Waals surface area contributed by atoms with Crippen molar-refractivity contribution in [2.24, 2.45) is 0 Å². The molecule has 5 rings (SSSR count). The van der Waals surface area contributed by atoms with E-state index in [0.29, 0.717) is 27.4 Å². The van der Waals surface area contributed by atoms with E-state index in [4.69, 9.17) is 9.47 Å². The molecule has 1 aliphatic rings. The molecule has 3 aromatic carbocycles. The van der Waals surface area contributed by atoms with Crippen molar-refractivity contribution in [3.63, 3.8) is 0 Å². The second-order valence-electron chi connectivity index (χ2n) is 8.22. The van der Waals surface area contributed by atoms with E-state index in [1.807, 2.05) is 12.1 Å². The minimum atomic E-state index is -3.94. The molecule has 176 valence electrons. The molecule has 0 spiro atoms. The Morgan fingerprint density at radius 1 is 0.941 bits per heavy atom. The SMILES string of the molecule is CC(=O)OCC1OC(c2cccc3c2c2ccccc2n3S(=O)(=O)c2ccccc2)C(O)C1O. The van der Waals surface area contributed by atoms with E-state index in [9.17, 15) is 23.4 Å². The van der Waals surface area contributed by atoms with Gasteiger partial charge in [0.05, 0.1) is 15.9 Å². The third kappa shape index (κ3) is 3.57. The smallest absolute Gasteiger partial charge is 0.302 e. The van der Waals surface area contributed by atoms with Crippen molar-refractivity contribution < 1.29 is 32.9 Å². The Kier molecular flexibility index (Phi) is 5.65. The molecule has 2 heterocycles. The van der Waals surface area contributed by atoms with E-state index in [1.165, 1.54) is 10.9 Å². The van der Waals surface area contributed by atoms with Crippen molar-refractivity contribution in [1.82, 2.24) is 3.97 Å². The number of para-hydroxylation sites is 1. The summed E-state index contributed by atoms with van der Waals surface area (Å²) in [5, 5.41) is 22.6. The molecule has 1 saturated heterocycles. The number of nitrogens with zero attached hydrogens (tertiary/aromatic N) is 1. The number of benzene rings is 3. The zero-order chi connectivity index (χ0) is 24.0. The van der Waals surface area contributed by atoms with Gasteiger partial charge in [-0.1, -0.05) is 48.5 Å². The Morgan fingerprint density at radius 2 is 1.62 bits per heavy atom. The molecule has 4 unspecified atom stereocenters. The minimum Gasteiger partial charge on any atom is -0.463 e. The molecular weight excluding hydrogens is 458 g/mol. The summed E-state index contributed by atoms with van der Waals surface area (Å²) >= 11 is 0. The molecule has 0 aliphatic carbocycles. The molecule has 2 N–H and O–H groups in total. The third-order valence-electron chi connectivity index (χ3n) is 6.09. The topological polar surface area (TPSA) is 115 Å². The van der Waals surface area contributed by atoms with Gasteiger partial charge in [0.1, 0.15) is 31.0 Å². The number of fused-ring (bicyclic) bond motifs is 3. The van der Waals surface area contributed by atoms with E-state index in [1.54, 1.807) is 60.7 Å². The number of carbonyl (C=O) groups excluding carboxylic acids is 1. The lowest BCUT2D eigenvalue weighted by Gasteiger charge is -2.17. The molecule has 0 amide bonds. The molecule has 4 aromatic rings.